The van der Waals surface area contributed by atoms with Gasteiger partial charge in [0.25, 0.3) is 0 Å². The highest BCUT2D eigenvalue weighted by atomic mass is 16.4. The molecule has 5 rings (SSSR count). The molecule has 4 heteroatoms. The number of hydrogen-bond acceptors (Lipinski definition) is 4. The molecule has 0 aliphatic heterocycles. The van der Waals surface area contributed by atoms with Crippen LogP contribution in [0, 0.1) is 11.3 Å². The lowest BCUT2D eigenvalue weighted by Crippen LogP contribution is -2.22. The Morgan fingerprint density at radius 1 is 0.727 bits per heavy atom. The van der Waals surface area contributed by atoms with Crippen LogP contribution in [0.1, 0.15) is 28.3 Å². The van der Waals surface area contributed by atoms with Gasteiger partial charge in [0.1, 0.15) is 6.07 Å². The molecule has 4 aromatic carbocycles. The summed E-state index contributed by atoms with van der Waals surface area (Å²) in [6.07, 6.45) is 0.528. The number of hydrogen-bond donors (Lipinski definition) is 0. The first kappa shape index (κ1) is 20.5. The quantitative estimate of drug-likeness (QED) is 0.296. The van der Waals surface area contributed by atoms with Crippen molar-refractivity contribution < 1.29 is 4.42 Å². The number of benzene rings is 4. The third-order valence-corrected chi connectivity index (χ3v) is 5.70. The molecule has 0 aliphatic rings. The lowest BCUT2D eigenvalue weighted by atomic mass is 10.0. The van der Waals surface area contributed by atoms with E-state index in [1.165, 1.54) is 10.8 Å². The van der Waals surface area contributed by atoms with Crippen LogP contribution in [-0.4, -0.2) is 4.98 Å². The van der Waals surface area contributed by atoms with Crippen molar-refractivity contribution in [2.75, 3.05) is 4.90 Å². The number of aromatic nitrogens is 1. The van der Waals surface area contributed by atoms with E-state index >= 15 is 0 Å². The Kier molecular flexibility index (Phi) is 5.86. The maximum atomic E-state index is 9.85. The molecule has 1 heterocycles. The van der Waals surface area contributed by atoms with Crippen LogP contribution >= 0.6 is 0 Å². The number of rotatable bonds is 7. The monoisotopic (exact) mass is 429 g/mol. The van der Waals surface area contributed by atoms with Crippen LogP contribution in [0.5, 0.6) is 0 Å². The highest BCUT2D eigenvalue weighted by Gasteiger charge is 2.21. The maximum Gasteiger partial charge on any atom is 0.235 e. The van der Waals surface area contributed by atoms with Gasteiger partial charge in [0, 0.05) is 13.1 Å². The molecule has 0 N–H and O–H groups in total. The first-order valence-corrected chi connectivity index (χ1v) is 11.0. The average Bonchev–Trinajstić information content (AvgIpc) is 3.28. The molecule has 0 saturated carbocycles. The van der Waals surface area contributed by atoms with E-state index in [2.05, 4.69) is 64.5 Å². The number of oxazole rings is 1. The average molecular weight is 430 g/mol. The Morgan fingerprint density at radius 2 is 1.33 bits per heavy atom. The van der Waals surface area contributed by atoms with E-state index in [1.54, 1.807) is 0 Å². The fraction of sp³-hybridized carbons (Fsp3) is 0.103. The third-order valence-electron chi connectivity index (χ3n) is 5.70. The molecular weight excluding hydrogens is 406 g/mol. The van der Waals surface area contributed by atoms with Gasteiger partial charge in [0.05, 0.1) is 6.42 Å². The van der Waals surface area contributed by atoms with Crippen LogP contribution < -0.4 is 4.90 Å². The van der Waals surface area contributed by atoms with E-state index < -0.39 is 0 Å². The summed E-state index contributed by atoms with van der Waals surface area (Å²) in [5.41, 5.74) is 3.73. The predicted octanol–water partition coefficient (Wildman–Crippen LogP) is 6.50. The summed E-state index contributed by atoms with van der Waals surface area (Å²) in [7, 11) is 0. The molecule has 0 fully saturated rings. The Hall–Kier alpha value is -4.36. The number of nitrogens with zero attached hydrogens (tertiary/aromatic N) is 3. The van der Waals surface area contributed by atoms with Crippen molar-refractivity contribution in [3.63, 3.8) is 0 Å². The summed E-state index contributed by atoms with van der Waals surface area (Å²) in [6.45, 7) is 1.24. The zero-order valence-electron chi connectivity index (χ0n) is 18.2. The van der Waals surface area contributed by atoms with Crippen LogP contribution in [-0.2, 0) is 19.5 Å². The van der Waals surface area contributed by atoms with Crippen LogP contribution in [0.4, 0.5) is 5.88 Å². The van der Waals surface area contributed by atoms with Gasteiger partial charge in [0.2, 0.25) is 17.5 Å². The summed E-state index contributed by atoms with van der Waals surface area (Å²) in [5.74, 6) is 1.06. The Labute approximate surface area is 193 Å². The third kappa shape index (κ3) is 4.63. The van der Waals surface area contributed by atoms with Gasteiger partial charge < -0.3 is 9.32 Å². The zero-order valence-corrected chi connectivity index (χ0v) is 18.2. The Bertz CT molecular complexity index is 1350. The second kappa shape index (κ2) is 9.42. The fourth-order valence-corrected chi connectivity index (χ4v) is 4.13. The highest BCUT2D eigenvalue weighted by Crippen LogP contribution is 2.28. The second-order valence-corrected chi connectivity index (χ2v) is 8.02. The minimum Gasteiger partial charge on any atom is -0.423 e. The Balaban J connectivity index is 1.50. The molecule has 0 amide bonds. The topological polar surface area (TPSA) is 53.1 Å². The highest BCUT2D eigenvalue weighted by molar-refractivity contribution is 5.85. The van der Waals surface area contributed by atoms with Crippen LogP contribution in [0.25, 0.3) is 10.8 Å². The van der Waals surface area contributed by atoms with Crippen molar-refractivity contribution in [1.82, 2.24) is 4.98 Å². The number of nitriles is 1. The molecule has 0 atom stereocenters. The minimum atomic E-state index is 0.317. The lowest BCUT2D eigenvalue weighted by molar-refractivity contribution is 0.492. The van der Waals surface area contributed by atoms with Crippen LogP contribution in [0.2, 0.25) is 0 Å². The molecule has 0 radical (unpaired) electrons. The van der Waals surface area contributed by atoms with Gasteiger partial charge >= 0.3 is 0 Å². The molecule has 0 bridgehead atoms. The zero-order chi connectivity index (χ0) is 22.5. The molecule has 160 valence electrons. The molecule has 0 aliphatic carbocycles. The molecule has 5 aromatic rings. The summed E-state index contributed by atoms with van der Waals surface area (Å²) in [4.78, 5) is 6.65. The number of fused-ring (bicyclic) bond motifs is 1. The van der Waals surface area contributed by atoms with Crippen molar-refractivity contribution in [3.05, 3.63) is 131 Å². The van der Waals surface area contributed by atoms with Gasteiger partial charge in [-0.05, 0) is 27.5 Å². The first-order chi connectivity index (χ1) is 16.3. The molecule has 0 spiro atoms. The summed E-state index contributed by atoms with van der Waals surface area (Å²) in [6, 6.07) is 37.2. The van der Waals surface area contributed by atoms with Gasteiger partial charge in [-0.2, -0.15) is 5.26 Å². The van der Waals surface area contributed by atoms with Crippen molar-refractivity contribution in [1.29, 1.82) is 5.26 Å². The fourth-order valence-electron chi connectivity index (χ4n) is 4.13. The standard InChI is InChI=1S/C29H23N3O/c30-19-27-29(32(20-22-10-3-1-4-11-22)21-23-12-5-2-6-13-23)33-28(31-27)18-25-16-9-15-24-14-7-8-17-26(24)25/h1-17H,18,20-21H2. The van der Waals surface area contributed by atoms with Crippen molar-refractivity contribution in [2.45, 2.75) is 19.5 Å². The van der Waals surface area contributed by atoms with Gasteiger partial charge in [-0.3, -0.25) is 0 Å². The summed E-state index contributed by atoms with van der Waals surface area (Å²) in [5, 5.41) is 12.2. The molecule has 4 nitrogen and oxygen atoms in total. The van der Waals surface area contributed by atoms with E-state index in [4.69, 9.17) is 4.42 Å². The van der Waals surface area contributed by atoms with E-state index in [-0.39, 0.29) is 0 Å². The molecule has 33 heavy (non-hydrogen) atoms. The Morgan fingerprint density at radius 3 is 2.00 bits per heavy atom. The van der Waals surface area contributed by atoms with Gasteiger partial charge in [-0.1, -0.05) is 103 Å². The smallest absolute Gasteiger partial charge is 0.235 e. The lowest BCUT2D eigenvalue weighted by Gasteiger charge is -2.22. The summed E-state index contributed by atoms with van der Waals surface area (Å²) < 4.78 is 6.26. The van der Waals surface area contributed by atoms with Gasteiger partial charge in [0.15, 0.2) is 0 Å². The molecule has 0 unspecified atom stereocenters. The van der Waals surface area contributed by atoms with Crippen molar-refractivity contribution >= 4 is 16.7 Å². The summed E-state index contributed by atoms with van der Waals surface area (Å²) >= 11 is 0. The number of anilines is 1. The maximum absolute atomic E-state index is 9.85. The van der Waals surface area contributed by atoms with Gasteiger partial charge in [-0.15, -0.1) is 0 Å². The van der Waals surface area contributed by atoms with Gasteiger partial charge in [-0.25, -0.2) is 4.98 Å². The normalized spacial score (nSPS) is 10.8. The molecule has 1 aromatic heterocycles. The van der Waals surface area contributed by atoms with Crippen molar-refractivity contribution in [2.24, 2.45) is 0 Å². The first-order valence-electron chi connectivity index (χ1n) is 11.0. The van der Waals surface area contributed by atoms with E-state index in [9.17, 15) is 5.26 Å². The minimum absolute atomic E-state index is 0.317. The SMILES string of the molecule is N#Cc1nc(Cc2cccc3ccccc23)oc1N(Cc1ccccc1)Cc1ccccc1. The molecule has 0 saturated heterocycles. The largest absolute Gasteiger partial charge is 0.423 e. The molecular formula is C29H23N3O. The van der Waals surface area contributed by atoms with Crippen LogP contribution in [0.3, 0.4) is 0 Å². The van der Waals surface area contributed by atoms with E-state index in [0.29, 0.717) is 37.0 Å². The van der Waals surface area contributed by atoms with E-state index in [0.717, 1.165) is 16.7 Å². The second-order valence-electron chi connectivity index (χ2n) is 8.02. The predicted molar refractivity (Wildman–Crippen MR) is 131 cm³/mol. The van der Waals surface area contributed by atoms with Crippen molar-refractivity contribution in [3.8, 4) is 6.07 Å². The van der Waals surface area contributed by atoms with E-state index in [1.807, 2.05) is 54.6 Å². The van der Waals surface area contributed by atoms with Crippen LogP contribution in [0.15, 0.2) is 108 Å².